The number of methoxy groups -OCH3 is 1. The zero-order valence-corrected chi connectivity index (χ0v) is 14.2. The molecule has 2 heterocycles. The zero-order chi connectivity index (χ0) is 15.8. The number of rotatable bonds is 3. The SMILES string of the molecule is COC(=O)c1c(NS(=O)(=O)C(C)(C)C)sc2c1CCNC2. The lowest BCUT2D eigenvalue weighted by Crippen LogP contribution is -2.33. The maximum absolute atomic E-state index is 12.3. The minimum absolute atomic E-state index is 0.352. The van der Waals surface area contributed by atoms with E-state index >= 15 is 0 Å². The van der Waals surface area contributed by atoms with Gasteiger partial charge in [0.25, 0.3) is 0 Å². The van der Waals surface area contributed by atoms with E-state index in [9.17, 15) is 13.2 Å². The number of hydrogen-bond donors (Lipinski definition) is 2. The first-order valence-corrected chi connectivity index (χ1v) is 8.93. The molecule has 0 radical (unpaired) electrons. The third-order valence-corrected chi connectivity index (χ3v) is 6.71. The molecule has 1 aromatic heterocycles. The molecule has 0 spiro atoms. The van der Waals surface area contributed by atoms with Crippen molar-refractivity contribution in [2.45, 2.75) is 38.5 Å². The molecule has 0 unspecified atom stereocenters. The standard InChI is InChI=1S/C13H20N2O4S2/c1-13(2,3)21(17,18)15-11-10(12(16)19-4)8-5-6-14-7-9(8)20-11/h14-15H,5-7H2,1-4H3. The predicted octanol–water partition coefficient (Wildman–Crippen LogP) is 1.72. The topological polar surface area (TPSA) is 84.5 Å². The number of sulfonamides is 1. The van der Waals surface area contributed by atoms with E-state index in [1.165, 1.54) is 18.4 Å². The van der Waals surface area contributed by atoms with Crippen LogP contribution in [0, 0.1) is 0 Å². The van der Waals surface area contributed by atoms with Crippen LogP contribution < -0.4 is 10.0 Å². The number of esters is 1. The van der Waals surface area contributed by atoms with E-state index in [1.54, 1.807) is 20.8 Å². The molecule has 2 rings (SSSR count). The van der Waals surface area contributed by atoms with E-state index in [1.807, 2.05) is 0 Å². The van der Waals surface area contributed by atoms with Gasteiger partial charge in [0, 0.05) is 11.4 Å². The van der Waals surface area contributed by atoms with Gasteiger partial charge in [-0.1, -0.05) is 0 Å². The van der Waals surface area contributed by atoms with Gasteiger partial charge in [-0.25, -0.2) is 13.2 Å². The average Bonchev–Trinajstić information content (AvgIpc) is 2.73. The van der Waals surface area contributed by atoms with Gasteiger partial charge in [0.1, 0.15) is 5.00 Å². The Morgan fingerprint density at radius 2 is 2.05 bits per heavy atom. The van der Waals surface area contributed by atoms with Crippen LogP contribution in [-0.2, 0) is 27.7 Å². The normalized spacial score (nSPS) is 15.4. The van der Waals surface area contributed by atoms with Crippen molar-refractivity contribution in [2.75, 3.05) is 18.4 Å². The summed E-state index contributed by atoms with van der Waals surface area (Å²) in [7, 11) is -2.28. The van der Waals surface area contributed by atoms with Gasteiger partial charge < -0.3 is 10.1 Å². The number of nitrogens with one attached hydrogen (secondary N) is 2. The van der Waals surface area contributed by atoms with E-state index in [4.69, 9.17) is 4.74 Å². The molecule has 0 saturated carbocycles. The highest BCUT2D eigenvalue weighted by Gasteiger charge is 2.33. The first kappa shape index (κ1) is 16.3. The van der Waals surface area contributed by atoms with Gasteiger partial charge in [0.05, 0.1) is 17.4 Å². The second-order valence-corrected chi connectivity index (χ2v) is 9.39. The molecule has 0 aliphatic carbocycles. The van der Waals surface area contributed by atoms with Crippen molar-refractivity contribution in [3.05, 3.63) is 16.0 Å². The fraction of sp³-hybridized carbons (Fsp3) is 0.615. The van der Waals surface area contributed by atoms with Crippen molar-refractivity contribution < 1.29 is 17.9 Å². The molecule has 118 valence electrons. The van der Waals surface area contributed by atoms with Crippen LogP contribution in [0.25, 0.3) is 0 Å². The van der Waals surface area contributed by atoms with Gasteiger partial charge in [-0.3, -0.25) is 4.72 Å². The maximum Gasteiger partial charge on any atom is 0.341 e. The molecule has 0 bridgehead atoms. The highest BCUT2D eigenvalue weighted by atomic mass is 32.2. The molecular weight excluding hydrogens is 312 g/mol. The third kappa shape index (κ3) is 3.07. The summed E-state index contributed by atoms with van der Waals surface area (Å²) in [6, 6.07) is 0. The molecule has 0 amide bonds. The molecule has 0 saturated heterocycles. The number of thiophene rings is 1. The van der Waals surface area contributed by atoms with Crippen molar-refractivity contribution in [3.8, 4) is 0 Å². The molecule has 0 aromatic carbocycles. The Labute approximate surface area is 128 Å². The quantitative estimate of drug-likeness (QED) is 0.823. The lowest BCUT2D eigenvalue weighted by molar-refractivity contribution is 0.0601. The number of carbonyl (C=O) groups excluding carboxylic acids is 1. The largest absolute Gasteiger partial charge is 0.465 e. The minimum atomic E-state index is -3.58. The van der Waals surface area contributed by atoms with Crippen molar-refractivity contribution in [1.29, 1.82) is 0 Å². The molecule has 1 aromatic rings. The molecular formula is C13H20N2O4S2. The predicted molar refractivity (Wildman–Crippen MR) is 83.4 cm³/mol. The lowest BCUT2D eigenvalue weighted by Gasteiger charge is -2.20. The van der Waals surface area contributed by atoms with E-state index in [0.29, 0.717) is 23.5 Å². The van der Waals surface area contributed by atoms with E-state index in [2.05, 4.69) is 10.0 Å². The van der Waals surface area contributed by atoms with Crippen LogP contribution in [0.4, 0.5) is 5.00 Å². The Bertz CT molecular complexity index is 656. The van der Waals surface area contributed by atoms with Crippen LogP contribution in [0.2, 0.25) is 0 Å². The second-order valence-electron chi connectivity index (χ2n) is 5.84. The summed E-state index contributed by atoms with van der Waals surface area (Å²) in [5, 5.41) is 3.56. The highest BCUT2D eigenvalue weighted by molar-refractivity contribution is 7.94. The Kier molecular flexibility index (Phi) is 4.32. The summed E-state index contributed by atoms with van der Waals surface area (Å²) in [5.41, 5.74) is 1.24. The molecule has 8 heteroatoms. The molecule has 1 aliphatic heterocycles. The van der Waals surface area contributed by atoms with E-state index in [-0.39, 0.29) is 0 Å². The smallest absolute Gasteiger partial charge is 0.341 e. The van der Waals surface area contributed by atoms with Gasteiger partial charge in [0.15, 0.2) is 0 Å². The van der Waals surface area contributed by atoms with Gasteiger partial charge in [0.2, 0.25) is 10.0 Å². The number of carbonyl (C=O) groups is 1. The van der Waals surface area contributed by atoms with Crippen LogP contribution in [0.1, 0.15) is 41.6 Å². The van der Waals surface area contributed by atoms with Gasteiger partial charge in [-0.2, -0.15) is 0 Å². The number of anilines is 1. The van der Waals surface area contributed by atoms with Crippen molar-refractivity contribution in [3.63, 3.8) is 0 Å². The Morgan fingerprint density at radius 1 is 1.38 bits per heavy atom. The second kappa shape index (κ2) is 5.58. The number of hydrogen-bond acceptors (Lipinski definition) is 6. The molecule has 1 aliphatic rings. The summed E-state index contributed by atoms with van der Waals surface area (Å²) < 4.78 is 31.1. The van der Waals surface area contributed by atoms with Crippen LogP contribution in [0.15, 0.2) is 0 Å². The number of ether oxygens (including phenoxy) is 1. The summed E-state index contributed by atoms with van der Waals surface area (Å²) >= 11 is 1.30. The zero-order valence-electron chi connectivity index (χ0n) is 12.6. The van der Waals surface area contributed by atoms with Crippen LogP contribution >= 0.6 is 11.3 Å². The molecule has 2 N–H and O–H groups in total. The van der Waals surface area contributed by atoms with Crippen LogP contribution in [0.5, 0.6) is 0 Å². The fourth-order valence-electron chi connectivity index (χ4n) is 2.00. The molecule has 0 fully saturated rings. The first-order chi connectivity index (χ1) is 9.67. The van der Waals surface area contributed by atoms with Crippen molar-refractivity contribution in [2.24, 2.45) is 0 Å². The summed E-state index contributed by atoms with van der Waals surface area (Å²) in [4.78, 5) is 13.0. The van der Waals surface area contributed by atoms with Crippen molar-refractivity contribution in [1.82, 2.24) is 5.32 Å². The molecule has 6 nitrogen and oxygen atoms in total. The Balaban J connectivity index is 2.49. The summed E-state index contributed by atoms with van der Waals surface area (Å²) in [6.45, 7) is 6.24. The highest BCUT2D eigenvalue weighted by Crippen LogP contribution is 2.37. The Hall–Kier alpha value is -1.12. The maximum atomic E-state index is 12.3. The Morgan fingerprint density at radius 3 is 2.62 bits per heavy atom. The number of fused-ring (bicyclic) bond motifs is 1. The lowest BCUT2D eigenvalue weighted by atomic mass is 10.0. The fourth-order valence-corrected chi connectivity index (χ4v) is 4.20. The first-order valence-electron chi connectivity index (χ1n) is 6.63. The van der Waals surface area contributed by atoms with E-state index in [0.717, 1.165) is 17.0 Å². The van der Waals surface area contributed by atoms with E-state index < -0.39 is 20.7 Å². The average molecular weight is 332 g/mol. The molecule has 21 heavy (non-hydrogen) atoms. The monoisotopic (exact) mass is 332 g/mol. The summed E-state index contributed by atoms with van der Waals surface area (Å²) in [5.74, 6) is -0.499. The summed E-state index contributed by atoms with van der Waals surface area (Å²) in [6.07, 6.45) is 0.688. The van der Waals surface area contributed by atoms with Crippen LogP contribution in [-0.4, -0.2) is 32.8 Å². The van der Waals surface area contributed by atoms with Crippen LogP contribution in [0.3, 0.4) is 0 Å². The van der Waals surface area contributed by atoms with Gasteiger partial charge in [-0.05, 0) is 39.3 Å². The van der Waals surface area contributed by atoms with Gasteiger partial charge >= 0.3 is 5.97 Å². The minimum Gasteiger partial charge on any atom is -0.465 e. The molecule has 0 atom stereocenters. The third-order valence-electron chi connectivity index (χ3n) is 3.35. The van der Waals surface area contributed by atoms with Gasteiger partial charge in [-0.15, -0.1) is 11.3 Å². The van der Waals surface area contributed by atoms with Crippen molar-refractivity contribution >= 4 is 32.3 Å².